The summed E-state index contributed by atoms with van der Waals surface area (Å²) in [5, 5.41) is 19.0. The molecule has 0 unspecified atom stereocenters. The molecular formula is C12H9BrN4O3. The number of phenols is 1. The number of amides is 1. The van der Waals surface area contributed by atoms with Crippen molar-refractivity contribution >= 4 is 28.1 Å². The predicted molar refractivity (Wildman–Crippen MR) is 75.7 cm³/mol. The summed E-state index contributed by atoms with van der Waals surface area (Å²) in [7, 11) is 0. The van der Waals surface area contributed by atoms with Crippen molar-refractivity contribution in [2.24, 2.45) is 5.10 Å². The number of aromatic amines is 1. The molecule has 0 spiro atoms. The fraction of sp³-hybridized carbons (Fsp3) is 0. The average Bonchev–Trinajstić information content (AvgIpc) is 2.43. The van der Waals surface area contributed by atoms with Gasteiger partial charge in [-0.1, -0.05) is 15.9 Å². The Bertz CT molecular complexity index is 706. The Kier molecular flexibility index (Phi) is 4.26. The molecule has 0 saturated carbocycles. The Hall–Kier alpha value is -2.48. The quantitative estimate of drug-likeness (QED) is 0.574. The molecule has 7 nitrogen and oxygen atoms in total. The summed E-state index contributed by atoms with van der Waals surface area (Å²) < 4.78 is 0.769. The van der Waals surface area contributed by atoms with Crippen molar-refractivity contribution in [1.29, 1.82) is 0 Å². The molecule has 8 heteroatoms. The number of hydrazone groups is 1. The minimum atomic E-state index is -0.577. The van der Waals surface area contributed by atoms with Gasteiger partial charge in [0, 0.05) is 16.1 Å². The maximum absolute atomic E-state index is 11.6. The fourth-order valence-corrected chi connectivity index (χ4v) is 1.70. The van der Waals surface area contributed by atoms with E-state index >= 15 is 0 Å². The van der Waals surface area contributed by atoms with Crippen LogP contribution in [0.5, 0.6) is 5.75 Å². The number of H-pyrrole nitrogens is 1. The van der Waals surface area contributed by atoms with E-state index in [9.17, 15) is 14.7 Å². The standard InChI is InChI=1S/C12H9BrN4O3/c13-8-1-3-10(18)7(5-8)6-14-17-12(20)9-2-4-11(19)16-15-9/h1-6,18H,(H,16,19)(H,17,20)/b14-6+. The number of nitrogens with zero attached hydrogens (tertiary/aromatic N) is 2. The molecule has 20 heavy (non-hydrogen) atoms. The van der Waals surface area contributed by atoms with Gasteiger partial charge in [-0.25, -0.2) is 10.5 Å². The number of halogens is 1. The number of aromatic hydroxyl groups is 1. The van der Waals surface area contributed by atoms with Gasteiger partial charge in [0.15, 0.2) is 5.69 Å². The first-order valence-electron chi connectivity index (χ1n) is 5.44. The highest BCUT2D eigenvalue weighted by atomic mass is 79.9. The van der Waals surface area contributed by atoms with Gasteiger partial charge in [0.2, 0.25) is 0 Å². The molecular weight excluding hydrogens is 328 g/mol. The topological polar surface area (TPSA) is 107 Å². The minimum Gasteiger partial charge on any atom is -0.507 e. The molecule has 1 aromatic heterocycles. The number of rotatable bonds is 3. The van der Waals surface area contributed by atoms with E-state index in [2.05, 4.69) is 36.7 Å². The summed E-state index contributed by atoms with van der Waals surface area (Å²) in [6.45, 7) is 0. The molecule has 0 fully saturated rings. The van der Waals surface area contributed by atoms with Gasteiger partial charge >= 0.3 is 0 Å². The molecule has 102 valence electrons. The third kappa shape index (κ3) is 3.51. The molecule has 0 aliphatic rings. The zero-order valence-corrected chi connectivity index (χ0v) is 11.6. The molecule has 1 heterocycles. The first-order valence-corrected chi connectivity index (χ1v) is 6.23. The van der Waals surface area contributed by atoms with Gasteiger partial charge in [-0.3, -0.25) is 9.59 Å². The lowest BCUT2D eigenvalue weighted by atomic mass is 10.2. The zero-order valence-electron chi connectivity index (χ0n) is 10.0. The molecule has 0 bridgehead atoms. The third-order valence-corrected chi connectivity index (χ3v) is 2.76. The fourth-order valence-electron chi connectivity index (χ4n) is 1.32. The van der Waals surface area contributed by atoms with E-state index < -0.39 is 11.5 Å². The van der Waals surface area contributed by atoms with Gasteiger partial charge in [0.25, 0.3) is 11.5 Å². The first-order chi connectivity index (χ1) is 9.56. The van der Waals surface area contributed by atoms with Gasteiger partial charge in [0.1, 0.15) is 5.75 Å². The lowest BCUT2D eigenvalue weighted by molar-refractivity contribution is 0.0949. The second-order valence-electron chi connectivity index (χ2n) is 3.71. The summed E-state index contributed by atoms with van der Waals surface area (Å²) in [5.41, 5.74) is 2.30. The Morgan fingerprint density at radius 2 is 2.20 bits per heavy atom. The number of aromatic nitrogens is 2. The van der Waals surface area contributed by atoms with Crippen molar-refractivity contribution in [1.82, 2.24) is 15.6 Å². The van der Waals surface area contributed by atoms with E-state index in [0.29, 0.717) is 5.56 Å². The molecule has 0 atom stereocenters. The van der Waals surface area contributed by atoms with E-state index in [4.69, 9.17) is 0 Å². The summed E-state index contributed by atoms with van der Waals surface area (Å²) in [5.74, 6) is -0.541. The molecule has 2 aromatic rings. The van der Waals surface area contributed by atoms with Crippen LogP contribution in [0.1, 0.15) is 16.1 Å². The van der Waals surface area contributed by atoms with Gasteiger partial charge in [-0.2, -0.15) is 10.2 Å². The van der Waals surface area contributed by atoms with E-state index in [1.165, 1.54) is 24.4 Å². The van der Waals surface area contributed by atoms with Crippen molar-refractivity contribution in [3.8, 4) is 5.75 Å². The van der Waals surface area contributed by atoms with Gasteiger partial charge in [-0.05, 0) is 24.3 Å². The van der Waals surface area contributed by atoms with E-state index in [0.717, 1.165) is 4.47 Å². The van der Waals surface area contributed by atoms with Crippen LogP contribution >= 0.6 is 15.9 Å². The predicted octanol–water partition coefficient (Wildman–Crippen LogP) is 1.00. The number of phenolic OH excluding ortho intramolecular Hbond substituents is 1. The minimum absolute atomic E-state index is 0.0280. The second-order valence-corrected chi connectivity index (χ2v) is 4.62. The molecule has 1 amide bonds. The molecule has 0 aliphatic heterocycles. The maximum Gasteiger partial charge on any atom is 0.291 e. The zero-order chi connectivity index (χ0) is 14.5. The van der Waals surface area contributed by atoms with Crippen molar-refractivity contribution in [3.05, 3.63) is 56.4 Å². The molecule has 1 aromatic carbocycles. The first kappa shape index (κ1) is 13.9. The number of nitrogens with one attached hydrogen (secondary N) is 2. The largest absolute Gasteiger partial charge is 0.507 e. The van der Waals surface area contributed by atoms with Crippen LogP contribution in [0.25, 0.3) is 0 Å². The van der Waals surface area contributed by atoms with Crippen molar-refractivity contribution in [2.45, 2.75) is 0 Å². The lowest BCUT2D eigenvalue weighted by Crippen LogP contribution is -2.21. The van der Waals surface area contributed by atoms with Crippen LogP contribution in [0.4, 0.5) is 0 Å². The van der Waals surface area contributed by atoms with Crippen LogP contribution in [-0.2, 0) is 0 Å². The van der Waals surface area contributed by atoms with Gasteiger partial charge < -0.3 is 5.11 Å². The monoisotopic (exact) mass is 336 g/mol. The molecule has 0 aliphatic carbocycles. The van der Waals surface area contributed by atoms with E-state index in [-0.39, 0.29) is 11.4 Å². The van der Waals surface area contributed by atoms with Crippen LogP contribution in [0.2, 0.25) is 0 Å². The smallest absolute Gasteiger partial charge is 0.291 e. The van der Waals surface area contributed by atoms with Crippen LogP contribution in [-0.4, -0.2) is 27.4 Å². The van der Waals surface area contributed by atoms with Crippen molar-refractivity contribution in [2.75, 3.05) is 0 Å². The van der Waals surface area contributed by atoms with Crippen LogP contribution in [0.3, 0.4) is 0 Å². The van der Waals surface area contributed by atoms with Crippen LogP contribution < -0.4 is 11.0 Å². The maximum atomic E-state index is 11.6. The average molecular weight is 337 g/mol. The van der Waals surface area contributed by atoms with Crippen LogP contribution in [0, 0.1) is 0 Å². The lowest BCUT2D eigenvalue weighted by Gasteiger charge is -2.00. The SMILES string of the molecule is O=C(N/N=C/c1cc(Br)ccc1O)c1ccc(=O)[nH]n1. The van der Waals surface area contributed by atoms with Crippen molar-refractivity contribution < 1.29 is 9.90 Å². The molecule has 2 rings (SSSR count). The molecule has 0 radical (unpaired) electrons. The van der Waals surface area contributed by atoms with Crippen LogP contribution in [0.15, 0.2) is 44.7 Å². The van der Waals surface area contributed by atoms with Crippen molar-refractivity contribution in [3.63, 3.8) is 0 Å². The highest BCUT2D eigenvalue weighted by Gasteiger charge is 2.05. The Morgan fingerprint density at radius 3 is 2.90 bits per heavy atom. The van der Waals surface area contributed by atoms with Gasteiger partial charge in [0.05, 0.1) is 6.21 Å². The number of hydrogen-bond acceptors (Lipinski definition) is 5. The number of carbonyl (C=O) groups is 1. The Labute approximate surface area is 121 Å². The highest BCUT2D eigenvalue weighted by molar-refractivity contribution is 9.10. The molecule has 3 N–H and O–H groups in total. The number of carbonyl (C=O) groups excluding carboxylic acids is 1. The molecule has 0 saturated heterocycles. The number of benzene rings is 1. The second kappa shape index (κ2) is 6.11. The highest BCUT2D eigenvalue weighted by Crippen LogP contribution is 2.19. The van der Waals surface area contributed by atoms with E-state index in [1.807, 2.05) is 0 Å². The summed E-state index contributed by atoms with van der Waals surface area (Å²) in [6.07, 6.45) is 1.30. The third-order valence-electron chi connectivity index (χ3n) is 2.27. The summed E-state index contributed by atoms with van der Waals surface area (Å²) in [4.78, 5) is 22.4. The van der Waals surface area contributed by atoms with Gasteiger partial charge in [-0.15, -0.1) is 0 Å². The summed E-state index contributed by atoms with van der Waals surface area (Å²) in [6, 6.07) is 7.28. The Balaban J connectivity index is 2.06. The van der Waals surface area contributed by atoms with E-state index in [1.54, 1.807) is 12.1 Å². The Morgan fingerprint density at radius 1 is 1.40 bits per heavy atom. The normalized spacial score (nSPS) is 10.7. The number of hydrogen-bond donors (Lipinski definition) is 3. The summed E-state index contributed by atoms with van der Waals surface area (Å²) >= 11 is 3.26.